The molecule has 1 nitrogen and oxygen atoms in total. The SMILES string of the molecule is O=S1Sc2ccccc2-c2ccccc21. The molecule has 0 aromatic heterocycles. The first kappa shape index (κ1) is 9.19. The largest absolute Gasteiger partial charge is 0.242 e. The molecule has 1 atom stereocenters. The Bertz CT molecular complexity index is 549. The summed E-state index contributed by atoms with van der Waals surface area (Å²) in [6, 6.07) is 16.0. The zero-order chi connectivity index (χ0) is 10.3. The normalized spacial score (nSPS) is 18.0. The lowest BCUT2D eigenvalue weighted by atomic mass is 10.1. The standard InChI is InChI=1S/C12H8OS2/c13-15-12-8-4-2-6-10(12)9-5-1-3-7-11(9)14-15/h1-8H. The summed E-state index contributed by atoms with van der Waals surface area (Å²) >= 11 is 0. The minimum Gasteiger partial charge on any atom is -0.242 e. The number of hydrogen-bond acceptors (Lipinski definition) is 2. The number of rotatable bonds is 0. The Hall–Kier alpha value is -1.06. The Labute approximate surface area is 94.4 Å². The minimum atomic E-state index is -0.960. The third-order valence-electron chi connectivity index (χ3n) is 2.41. The molecule has 1 aliphatic rings. The Morgan fingerprint density at radius 2 is 1.53 bits per heavy atom. The van der Waals surface area contributed by atoms with Crippen molar-refractivity contribution < 1.29 is 4.21 Å². The molecule has 0 saturated carbocycles. The molecule has 3 rings (SSSR count). The van der Waals surface area contributed by atoms with Gasteiger partial charge in [-0.25, -0.2) is 4.21 Å². The van der Waals surface area contributed by atoms with E-state index in [4.69, 9.17) is 0 Å². The highest BCUT2D eigenvalue weighted by atomic mass is 33.1. The average Bonchev–Trinajstić information content (AvgIpc) is 2.30. The second-order valence-electron chi connectivity index (χ2n) is 3.31. The molecule has 2 aromatic rings. The molecule has 0 spiro atoms. The van der Waals surface area contributed by atoms with Crippen molar-refractivity contribution in [2.24, 2.45) is 0 Å². The van der Waals surface area contributed by atoms with Crippen LogP contribution in [-0.4, -0.2) is 4.21 Å². The summed E-state index contributed by atoms with van der Waals surface area (Å²) in [5.74, 6) is 0. The number of hydrogen-bond donors (Lipinski definition) is 0. The Morgan fingerprint density at radius 3 is 2.40 bits per heavy atom. The lowest BCUT2D eigenvalue weighted by molar-refractivity contribution is 0.691. The summed E-state index contributed by atoms with van der Waals surface area (Å²) in [5.41, 5.74) is 2.29. The van der Waals surface area contributed by atoms with E-state index in [9.17, 15) is 4.21 Å². The van der Waals surface area contributed by atoms with Crippen LogP contribution in [0.25, 0.3) is 11.1 Å². The number of fused-ring (bicyclic) bond motifs is 3. The van der Waals surface area contributed by atoms with Crippen LogP contribution in [0.5, 0.6) is 0 Å². The first-order valence-electron chi connectivity index (χ1n) is 4.65. The van der Waals surface area contributed by atoms with Crippen molar-refractivity contribution in [3.63, 3.8) is 0 Å². The Morgan fingerprint density at radius 1 is 0.867 bits per heavy atom. The van der Waals surface area contributed by atoms with Crippen LogP contribution in [0.3, 0.4) is 0 Å². The van der Waals surface area contributed by atoms with Crippen molar-refractivity contribution in [1.29, 1.82) is 0 Å². The predicted octanol–water partition coefficient (Wildman–Crippen LogP) is 3.48. The predicted molar refractivity (Wildman–Crippen MR) is 64.1 cm³/mol. The highest BCUT2D eigenvalue weighted by Crippen LogP contribution is 2.43. The molecule has 0 N–H and O–H groups in total. The van der Waals surface area contributed by atoms with E-state index in [1.165, 1.54) is 16.4 Å². The lowest BCUT2D eigenvalue weighted by Crippen LogP contribution is -1.97. The van der Waals surface area contributed by atoms with Crippen LogP contribution >= 0.6 is 10.8 Å². The van der Waals surface area contributed by atoms with E-state index in [0.717, 1.165) is 15.4 Å². The van der Waals surface area contributed by atoms with E-state index in [2.05, 4.69) is 6.07 Å². The molecular formula is C12H8OS2. The summed E-state index contributed by atoms with van der Waals surface area (Å²) in [5, 5.41) is 0. The molecule has 0 bridgehead atoms. The summed E-state index contributed by atoms with van der Waals surface area (Å²) in [6.07, 6.45) is 0. The fraction of sp³-hybridized carbons (Fsp3) is 0. The fourth-order valence-corrected chi connectivity index (χ4v) is 4.56. The van der Waals surface area contributed by atoms with E-state index in [1.807, 2.05) is 42.5 Å². The van der Waals surface area contributed by atoms with Crippen molar-refractivity contribution in [2.75, 3.05) is 0 Å². The van der Waals surface area contributed by atoms with Crippen LogP contribution in [0.4, 0.5) is 0 Å². The smallest absolute Gasteiger partial charge is 0.118 e. The third-order valence-corrected chi connectivity index (χ3v) is 5.34. The highest BCUT2D eigenvalue weighted by Gasteiger charge is 2.20. The lowest BCUT2D eigenvalue weighted by Gasteiger charge is -2.17. The van der Waals surface area contributed by atoms with E-state index in [-0.39, 0.29) is 0 Å². The van der Waals surface area contributed by atoms with Gasteiger partial charge >= 0.3 is 0 Å². The van der Waals surface area contributed by atoms with E-state index in [1.54, 1.807) is 0 Å². The molecule has 0 fully saturated rings. The average molecular weight is 232 g/mol. The van der Waals surface area contributed by atoms with Gasteiger partial charge in [0, 0.05) is 4.90 Å². The van der Waals surface area contributed by atoms with Gasteiger partial charge in [-0.15, -0.1) is 0 Å². The molecule has 15 heavy (non-hydrogen) atoms. The maximum absolute atomic E-state index is 11.9. The summed E-state index contributed by atoms with van der Waals surface area (Å²) in [4.78, 5) is 2.04. The van der Waals surface area contributed by atoms with Crippen molar-refractivity contribution in [1.82, 2.24) is 0 Å². The summed E-state index contributed by atoms with van der Waals surface area (Å²) < 4.78 is 11.9. The minimum absolute atomic E-state index is 0.932. The molecular weight excluding hydrogens is 224 g/mol. The van der Waals surface area contributed by atoms with Gasteiger partial charge in [0.2, 0.25) is 0 Å². The first-order valence-corrected chi connectivity index (χ1v) is 7.13. The second-order valence-corrected chi connectivity index (χ2v) is 6.23. The molecule has 2 aromatic carbocycles. The van der Waals surface area contributed by atoms with Crippen LogP contribution in [0, 0.1) is 0 Å². The summed E-state index contributed by atoms with van der Waals surface area (Å²) in [6.45, 7) is 0. The van der Waals surface area contributed by atoms with Crippen molar-refractivity contribution in [3.8, 4) is 11.1 Å². The van der Waals surface area contributed by atoms with Crippen molar-refractivity contribution >= 4 is 20.6 Å². The molecule has 74 valence electrons. The first-order chi connectivity index (χ1) is 7.36. The van der Waals surface area contributed by atoms with E-state index < -0.39 is 9.83 Å². The second kappa shape index (κ2) is 3.51. The maximum atomic E-state index is 11.9. The Balaban J connectivity index is 2.34. The van der Waals surface area contributed by atoms with Crippen LogP contribution in [0.1, 0.15) is 0 Å². The van der Waals surface area contributed by atoms with Crippen molar-refractivity contribution in [3.05, 3.63) is 48.5 Å². The van der Waals surface area contributed by atoms with Gasteiger partial charge in [-0.2, -0.15) is 0 Å². The monoisotopic (exact) mass is 232 g/mol. The van der Waals surface area contributed by atoms with Gasteiger partial charge in [-0.1, -0.05) is 36.4 Å². The molecule has 0 saturated heterocycles. The molecule has 1 aliphatic heterocycles. The van der Waals surface area contributed by atoms with Crippen LogP contribution < -0.4 is 0 Å². The highest BCUT2D eigenvalue weighted by molar-refractivity contribution is 8.69. The fourth-order valence-electron chi connectivity index (χ4n) is 1.72. The van der Waals surface area contributed by atoms with Gasteiger partial charge in [0.05, 0.1) is 4.90 Å². The zero-order valence-corrected chi connectivity index (χ0v) is 9.48. The van der Waals surface area contributed by atoms with Gasteiger partial charge in [0.15, 0.2) is 0 Å². The van der Waals surface area contributed by atoms with Gasteiger partial charge in [0.25, 0.3) is 0 Å². The molecule has 0 amide bonds. The molecule has 0 radical (unpaired) electrons. The van der Waals surface area contributed by atoms with Gasteiger partial charge in [0.1, 0.15) is 9.83 Å². The van der Waals surface area contributed by atoms with E-state index >= 15 is 0 Å². The molecule has 1 heterocycles. The quantitative estimate of drug-likeness (QED) is 0.647. The van der Waals surface area contributed by atoms with Crippen LogP contribution in [-0.2, 0) is 9.83 Å². The van der Waals surface area contributed by atoms with Crippen molar-refractivity contribution in [2.45, 2.75) is 9.79 Å². The summed E-state index contributed by atoms with van der Waals surface area (Å²) in [7, 11) is 0.467. The van der Waals surface area contributed by atoms with E-state index in [0.29, 0.717) is 0 Å². The van der Waals surface area contributed by atoms with Crippen LogP contribution in [0.15, 0.2) is 58.3 Å². The molecule has 0 aliphatic carbocycles. The Kier molecular flexibility index (Phi) is 2.15. The third kappa shape index (κ3) is 1.43. The maximum Gasteiger partial charge on any atom is 0.118 e. The van der Waals surface area contributed by atoms with Gasteiger partial charge in [-0.05, 0) is 34.1 Å². The molecule has 3 heteroatoms. The van der Waals surface area contributed by atoms with Gasteiger partial charge in [-0.3, -0.25) is 0 Å². The van der Waals surface area contributed by atoms with Crippen LogP contribution in [0.2, 0.25) is 0 Å². The molecule has 1 unspecified atom stereocenters. The topological polar surface area (TPSA) is 17.1 Å². The number of benzene rings is 2. The zero-order valence-electron chi connectivity index (χ0n) is 7.84. The van der Waals surface area contributed by atoms with Gasteiger partial charge < -0.3 is 0 Å².